The van der Waals surface area contributed by atoms with Crippen molar-refractivity contribution in [3.63, 3.8) is 0 Å². The lowest BCUT2D eigenvalue weighted by Gasteiger charge is -2.23. The number of methoxy groups -OCH3 is 5. The molecule has 0 saturated heterocycles. The fourth-order valence-corrected chi connectivity index (χ4v) is 6.18. The van der Waals surface area contributed by atoms with Crippen molar-refractivity contribution in [1.82, 2.24) is 0 Å². The fourth-order valence-electron chi connectivity index (χ4n) is 6.18. The Morgan fingerprint density at radius 2 is 0.824 bits per heavy atom. The Balaban J connectivity index is 2.08. The molecule has 0 aliphatic heterocycles. The Labute approximate surface area is 309 Å². The predicted molar refractivity (Wildman–Crippen MR) is 215 cm³/mol. The van der Waals surface area contributed by atoms with E-state index < -0.39 is 0 Å². The summed E-state index contributed by atoms with van der Waals surface area (Å²) < 4.78 is 35.8. The molecule has 6 nitrogen and oxygen atoms in total. The maximum absolute atomic E-state index is 6.57. The summed E-state index contributed by atoms with van der Waals surface area (Å²) in [4.78, 5) is 0. The van der Waals surface area contributed by atoms with Crippen LogP contribution < -0.4 is 28.4 Å². The molecule has 3 aromatic rings. The highest BCUT2D eigenvalue weighted by Crippen LogP contribution is 2.40. The zero-order valence-electron chi connectivity index (χ0n) is 33.9. The number of hydrogen-bond acceptors (Lipinski definition) is 6. The van der Waals surface area contributed by atoms with Crippen LogP contribution in [0.1, 0.15) is 121 Å². The molecule has 3 aromatic carbocycles. The molecule has 51 heavy (non-hydrogen) atoms. The molecule has 280 valence electrons. The van der Waals surface area contributed by atoms with Gasteiger partial charge in [0, 0.05) is 33.4 Å². The van der Waals surface area contributed by atoms with Crippen LogP contribution >= 0.6 is 0 Å². The van der Waals surface area contributed by atoms with Gasteiger partial charge in [0.1, 0.15) is 34.5 Å². The Kier molecular flexibility index (Phi) is 15.0. The minimum atomic E-state index is -0.103. The van der Waals surface area contributed by atoms with Crippen LogP contribution in [0.5, 0.6) is 34.5 Å². The minimum Gasteiger partial charge on any atom is -0.496 e. The van der Waals surface area contributed by atoms with Crippen LogP contribution in [0.15, 0.2) is 36.4 Å². The highest BCUT2D eigenvalue weighted by molar-refractivity contribution is 5.81. The molecule has 1 atom stereocenters. The summed E-state index contributed by atoms with van der Waals surface area (Å²) in [6.45, 7) is 20.5. The molecule has 0 heterocycles. The smallest absolute Gasteiger partial charge is 0.127 e. The lowest BCUT2D eigenvalue weighted by molar-refractivity contribution is 0.275. The van der Waals surface area contributed by atoms with Crippen molar-refractivity contribution < 1.29 is 28.4 Å². The van der Waals surface area contributed by atoms with E-state index in [0.717, 1.165) is 80.2 Å². The Morgan fingerprint density at radius 1 is 0.471 bits per heavy atom. The molecular weight excluding hydrogens is 636 g/mol. The maximum Gasteiger partial charge on any atom is 0.127 e. The van der Waals surface area contributed by atoms with Gasteiger partial charge in [0.05, 0.1) is 42.2 Å². The first-order valence-electron chi connectivity index (χ1n) is 18.3. The van der Waals surface area contributed by atoms with Crippen LogP contribution in [0.4, 0.5) is 0 Å². The third kappa shape index (κ3) is 11.5. The zero-order valence-corrected chi connectivity index (χ0v) is 33.9. The van der Waals surface area contributed by atoms with E-state index in [4.69, 9.17) is 28.4 Å². The third-order valence-corrected chi connectivity index (χ3v) is 9.31. The van der Waals surface area contributed by atoms with Gasteiger partial charge < -0.3 is 28.4 Å². The Bertz CT molecular complexity index is 1630. The van der Waals surface area contributed by atoms with Gasteiger partial charge in [0.15, 0.2) is 0 Å². The van der Waals surface area contributed by atoms with Gasteiger partial charge >= 0.3 is 0 Å². The van der Waals surface area contributed by atoms with Crippen LogP contribution in [0.2, 0.25) is 0 Å². The molecule has 0 spiro atoms. The maximum atomic E-state index is 6.57. The topological polar surface area (TPSA) is 55.4 Å². The molecule has 6 heteroatoms. The van der Waals surface area contributed by atoms with Crippen molar-refractivity contribution in [2.45, 2.75) is 98.8 Å². The fraction of sp³-hybridized carbons (Fsp3) is 0.511. The minimum absolute atomic E-state index is 0.102. The molecule has 3 rings (SSSR count). The van der Waals surface area contributed by atoms with Gasteiger partial charge in [-0.25, -0.2) is 0 Å². The molecule has 0 amide bonds. The summed E-state index contributed by atoms with van der Waals surface area (Å²) in [6, 6.07) is 12.3. The Morgan fingerprint density at radius 3 is 1.20 bits per heavy atom. The summed E-state index contributed by atoms with van der Waals surface area (Å²) in [7, 11) is 8.51. The van der Waals surface area contributed by atoms with Crippen LogP contribution in [-0.4, -0.2) is 42.2 Å². The standard InChI is InChI=1S/C45H64O6/c1-30(2)16-15-17-31(3)22-23-51-41-25-32(18-19-33-26-42(49-13)36(44(4,5)6)28-39(33)47-11)38(46-10)24-35(41)21-20-34-27-43(50-14)37(45(7,8)9)29-40(34)48-12/h18-21,24-31H,15-17,22-23H2,1-14H3/b19-18+,21-20+. The van der Waals surface area contributed by atoms with Crippen LogP contribution in [-0.2, 0) is 10.8 Å². The zero-order chi connectivity index (χ0) is 37.9. The SMILES string of the molecule is COc1cc(/C=C/c2cc(OC)c(C(C)(C)C)cc2OC)c(OCCC(C)CCCC(C)C)cc1/C=C/c1cc(OC)c(C(C)(C)C)cc1OC. The number of rotatable bonds is 17. The lowest BCUT2D eigenvalue weighted by atomic mass is 9.85. The van der Waals surface area contributed by atoms with E-state index in [0.29, 0.717) is 12.5 Å². The van der Waals surface area contributed by atoms with Gasteiger partial charge in [-0.15, -0.1) is 0 Å². The van der Waals surface area contributed by atoms with Gasteiger partial charge in [-0.05, 0) is 65.5 Å². The molecule has 0 aliphatic carbocycles. The van der Waals surface area contributed by atoms with Gasteiger partial charge in [0.2, 0.25) is 0 Å². The lowest BCUT2D eigenvalue weighted by Crippen LogP contribution is -2.13. The average molecular weight is 701 g/mol. The van der Waals surface area contributed by atoms with E-state index in [1.165, 1.54) is 19.3 Å². The van der Waals surface area contributed by atoms with Crippen LogP contribution in [0, 0.1) is 11.8 Å². The third-order valence-electron chi connectivity index (χ3n) is 9.31. The van der Waals surface area contributed by atoms with Crippen molar-refractivity contribution in [2.24, 2.45) is 11.8 Å². The predicted octanol–water partition coefficient (Wildman–Crippen LogP) is 11.9. The molecular formula is C45H64O6. The number of ether oxygens (including phenoxy) is 6. The highest BCUT2D eigenvalue weighted by Gasteiger charge is 2.23. The largest absolute Gasteiger partial charge is 0.496 e. The molecule has 0 N–H and O–H groups in total. The summed E-state index contributed by atoms with van der Waals surface area (Å²) in [5.74, 6) is 6.03. The number of benzene rings is 3. The van der Waals surface area contributed by atoms with Crippen molar-refractivity contribution in [1.29, 1.82) is 0 Å². The molecule has 0 fully saturated rings. The van der Waals surface area contributed by atoms with E-state index in [1.54, 1.807) is 35.5 Å². The first-order chi connectivity index (χ1) is 24.1. The molecule has 0 radical (unpaired) electrons. The second-order valence-electron chi connectivity index (χ2n) is 16.0. The molecule has 1 unspecified atom stereocenters. The summed E-state index contributed by atoms with van der Waals surface area (Å²) in [5, 5.41) is 0. The second kappa shape index (κ2) is 18.4. The quantitative estimate of drug-likeness (QED) is 0.131. The summed E-state index contributed by atoms with van der Waals surface area (Å²) in [6.07, 6.45) is 12.9. The van der Waals surface area contributed by atoms with E-state index in [9.17, 15) is 0 Å². The van der Waals surface area contributed by atoms with Gasteiger partial charge in [-0.2, -0.15) is 0 Å². The molecule has 0 bridgehead atoms. The first-order valence-corrected chi connectivity index (χ1v) is 18.3. The van der Waals surface area contributed by atoms with Crippen LogP contribution in [0.25, 0.3) is 24.3 Å². The van der Waals surface area contributed by atoms with E-state index in [-0.39, 0.29) is 10.8 Å². The molecule has 0 aliphatic rings. The van der Waals surface area contributed by atoms with Gasteiger partial charge in [-0.1, -0.05) is 106 Å². The first kappa shape index (κ1) is 41.4. The van der Waals surface area contributed by atoms with Crippen molar-refractivity contribution in [2.75, 3.05) is 42.2 Å². The highest BCUT2D eigenvalue weighted by atomic mass is 16.5. The van der Waals surface area contributed by atoms with Crippen molar-refractivity contribution in [3.8, 4) is 34.5 Å². The van der Waals surface area contributed by atoms with Gasteiger partial charge in [-0.3, -0.25) is 0 Å². The molecule has 0 aromatic heterocycles. The van der Waals surface area contributed by atoms with E-state index >= 15 is 0 Å². The summed E-state index contributed by atoms with van der Waals surface area (Å²) >= 11 is 0. The monoisotopic (exact) mass is 700 g/mol. The Hall–Kier alpha value is -4.06. The van der Waals surface area contributed by atoms with E-state index in [1.807, 2.05) is 36.4 Å². The normalized spacial score (nSPS) is 12.8. The van der Waals surface area contributed by atoms with Crippen LogP contribution in [0.3, 0.4) is 0 Å². The van der Waals surface area contributed by atoms with Gasteiger partial charge in [0.25, 0.3) is 0 Å². The molecule has 0 saturated carbocycles. The van der Waals surface area contributed by atoms with Crippen molar-refractivity contribution >= 4 is 24.3 Å². The summed E-state index contributed by atoms with van der Waals surface area (Å²) in [5.41, 5.74) is 5.59. The van der Waals surface area contributed by atoms with Crippen molar-refractivity contribution in [3.05, 3.63) is 69.8 Å². The second-order valence-corrected chi connectivity index (χ2v) is 16.0. The average Bonchev–Trinajstić information content (AvgIpc) is 3.08. The van der Waals surface area contributed by atoms with E-state index in [2.05, 4.69) is 86.6 Å². The number of hydrogen-bond donors (Lipinski definition) is 0.